The van der Waals surface area contributed by atoms with E-state index in [1.165, 1.54) is 31.4 Å². The normalized spacial score (nSPS) is 24.9. The summed E-state index contributed by atoms with van der Waals surface area (Å²) in [7, 11) is 2.07. The molecule has 1 N–H and O–H groups in total. The van der Waals surface area contributed by atoms with Crippen LogP contribution < -0.4 is 5.32 Å². The van der Waals surface area contributed by atoms with E-state index >= 15 is 0 Å². The minimum Gasteiger partial charge on any atom is -0.319 e. The molecule has 88 valence electrons. The van der Waals surface area contributed by atoms with Crippen LogP contribution in [0.2, 0.25) is 0 Å². The van der Waals surface area contributed by atoms with Crippen molar-refractivity contribution in [3.05, 3.63) is 35.4 Å². The fourth-order valence-electron chi connectivity index (χ4n) is 3.03. The molecule has 0 heterocycles. The van der Waals surface area contributed by atoms with E-state index in [9.17, 15) is 0 Å². The van der Waals surface area contributed by atoms with Crippen molar-refractivity contribution in [3.8, 4) is 0 Å². The number of hydrogen-bond donors (Lipinski definition) is 1. The fraction of sp³-hybridized carbons (Fsp3) is 0.600. The Morgan fingerprint density at radius 1 is 1.31 bits per heavy atom. The number of benzene rings is 1. The van der Waals surface area contributed by atoms with Crippen molar-refractivity contribution in [2.24, 2.45) is 5.92 Å². The van der Waals surface area contributed by atoms with Gasteiger partial charge in [-0.3, -0.25) is 0 Å². The Balaban J connectivity index is 2.15. The molecule has 2 rings (SSSR count). The van der Waals surface area contributed by atoms with Crippen molar-refractivity contribution in [3.63, 3.8) is 0 Å². The molecule has 1 heteroatoms. The molecule has 0 aliphatic heterocycles. The van der Waals surface area contributed by atoms with Crippen LogP contribution >= 0.6 is 0 Å². The minimum absolute atomic E-state index is 0.791. The van der Waals surface area contributed by atoms with Gasteiger partial charge in [0.25, 0.3) is 0 Å². The maximum atomic E-state index is 3.34. The molecule has 0 saturated heterocycles. The molecule has 1 aliphatic rings. The molecule has 1 aromatic rings. The van der Waals surface area contributed by atoms with Crippen LogP contribution in [0.25, 0.3) is 0 Å². The molecule has 0 bridgehead atoms. The zero-order chi connectivity index (χ0) is 11.4. The lowest BCUT2D eigenvalue weighted by atomic mass is 9.88. The van der Waals surface area contributed by atoms with Gasteiger partial charge >= 0.3 is 0 Å². The largest absolute Gasteiger partial charge is 0.319 e. The molecule has 1 aliphatic carbocycles. The predicted octanol–water partition coefficient (Wildman–Crippen LogP) is 3.35. The van der Waals surface area contributed by atoms with Crippen molar-refractivity contribution >= 4 is 0 Å². The maximum Gasteiger partial charge on any atom is -0.00177 e. The Hall–Kier alpha value is -0.820. The Labute approximate surface area is 99.3 Å². The van der Waals surface area contributed by atoms with Gasteiger partial charge in [0.15, 0.2) is 0 Å². The van der Waals surface area contributed by atoms with Gasteiger partial charge in [-0.05, 0) is 55.8 Å². The molecular formula is C15H23N. The summed E-state index contributed by atoms with van der Waals surface area (Å²) in [6, 6.07) is 9.20. The molecule has 2 unspecified atom stereocenters. The lowest BCUT2D eigenvalue weighted by molar-refractivity contribution is 0.462. The van der Waals surface area contributed by atoms with Crippen molar-refractivity contribution in [1.29, 1.82) is 0 Å². The van der Waals surface area contributed by atoms with Gasteiger partial charge in [0.05, 0.1) is 0 Å². The first-order valence-corrected chi connectivity index (χ1v) is 6.58. The average Bonchev–Trinajstić information content (AvgIpc) is 2.78. The second kappa shape index (κ2) is 5.49. The Bertz CT molecular complexity index is 332. The maximum absolute atomic E-state index is 3.34. The molecule has 0 aromatic heterocycles. The third-order valence-electron chi connectivity index (χ3n) is 3.91. The summed E-state index contributed by atoms with van der Waals surface area (Å²) < 4.78 is 0. The van der Waals surface area contributed by atoms with E-state index in [1.807, 2.05) is 0 Å². The van der Waals surface area contributed by atoms with Gasteiger partial charge in [-0.25, -0.2) is 0 Å². The standard InChI is InChI=1S/C15H23N/c1-3-12-6-4-7-13(10-12)15-9-5-8-14(15)11-16-2/h4,6-7,10,14-16H,3,5,8-9,11H2,1-2H3. The molecule has 2 atom stereocenters. The molecule has 0 radical (unpaired) electrons. The summed E-state index contributed by atoms with van der Waals surface area (Å²) in [6.45, 7) is 3.40. The lowest BCUT2D eigenvalue weighted by Gasteiger charge is -2.20. The molecule has 1 fully saturated rings. The van der Waals surface area contributed by atoms with Crippen LogP contribution in [0.1, 0.15) is 43.2 Å². The van der Waals surface area contributed by atoms with Gasteiger partial charge in [-0.15, -0.1) is 0 Å². The first-order valence-electron chi connectivity index (χ1n) is 6.58. The van der Waals surface area contributed by atoms with E-state index in [1.54, 1.807) is 5.56 Å². The van der Waals surface area contributed by atoms with Gasteiger partial charge in [0, 0.05) is 0 Å². The third kappa shape index (κ3) is 2.46. The van der Waals surface area contributed by atoms with Crippen LogP contribution in [0.3, 0.4) is 0 Å². The number of nitrogens with one attached hydrogen (secondary N) is 1. The van der Waals surface area contributed by atoms with Crippen LogP contribution in [0, 0.1) is 5.92 Å². The highest BCUT2D eigenvalue weighted by atomic mass is 14.8. The Morgan fingerprint density at radius 3 is 2.94 bits per heavy atom. The summed E-state index contributed by atoms with van der Waals surface area (Å²) in [5.41, 5.74) is 3.05. The van der Waals surface area contributed by atoms with E-state index in [0.717, 1.165) is 18.3 Å². The van der Waals surface area contributed by atoms with Crippen LogP contribution in [-0.4, -0.2) is 13.6 Å². The molecule has 0 spiro atoms. The first kappa shape index (κ1) is 11.7. The molecular weight excluding hydrogens is 194 g/mol. The summed E-state index contributed by atoms with van der Waals surface area (Å²) in [4.78, 5) is 0. The lowest BCUT2D eigenvalue weighted by Crippen LogP contribution is -2.21. The zero-order valence-electron chi connectivity index (χ0n) is 10.5. The summed E-state index contributed by atoms with van der Waals surface area (Å²) in [6.07, 6.45) is 5.31. The van der Waals surface area contributed by atoms with Crippen LogP contribution in [-0.2, 0) is 6.42 Å². The van der Waals surface area contributed by atoms with Crippen molar-refractivity contribution in [1.82, 2.24) is 5.32 Å². The smallest absolute Gasteiger partial charge is 0.00177 e. The van der Waals surface area contributed by atoms with Crippen LogP contribution in [0.5, 0.6) is 0 Å². The summed E-state index contributed by atoms with van der Waals surface area (Å²) >= 11 is 0. The Morgan fingerprint density at radius 2 is 2.19 bits per heavy atom. The number of aryl methyl sites for hydroxylation is 1. The number of rotatable bonds is 4. The topological polar surface area (TPSA) is 12.0 Å². The number of hydrogen-bond acceptors (Lipinski definition) is 1. The van der Waals surface area contributed by atoms with E-state index < -0.39 is 0 Å². The van der Waals surface area contributed by atoms with Gasteiger partial charge in [-0.1, -0.05) is 37.6 Å². The van der Waals surface area contributed by atoms with E-state index in [4.69, 9.17) is 0 Å². The minimum atomic E-state index is 0.791. The SMILES string of the molecule is CCc1cccc(C2CCCC2CNC)c1. The molecule has 0 amide bonds. The highest BCUT2D eigenvalue weighted by Crippen LogP contribution is 2.39. The highest BCUT2D eigenvalue weighted by molar-refractivity contribution is 5.27. The predicted molar refractivity (Wildman–Crippen MR) is 69.8 cm³/mol. The van der Waals surface area contributed by atoms with Crippen molar-refractivity contribution in [2.45, 2.75) is 38.5 Å². The average molecular weight is 217 g/mol. The van der Waals surface area contributed by atoms with Crippen molar-refractivity contribution in [2.75, 3.05) is 13.6 Å². The van der Waals surface area contributed by atoms with Gasteiger partial charge in [0.1, 0.15) is 0 Å². The van der Waals surface area contributed by atoms with Gasteiger partial charge < -0.3 is 5.32 Å². The highest BCUT2D eigenvalue weighted by Gasteiger charge is 2.27. The second-order valence-corrected chi connectivity index (χ2v) is 4.95. The van der Waals surface area contributed by atoms with E-state index in [0.29, 0.717) is 0 Å². The fourth-order valence-corrected chi connectivity index (χ4v) is 3.03. The van der Waals surface area contributed by atoms with Gasteiger partial charge in [-0.2, -0.15) is 0 Å². The monoisotopic (exact) mass is 217 g/mol. The van der Waals surface area contributed by atoms with Crippen molar-refractivity contribution < 1.29 is 0 Å². The van der Waals surface area contributed by atoms with E-state index in [-0.39, 0.29) is 0 Å². The van der Waals surface area contributed by atoms with E-state index in [2.05, 4.69) is 43.6 Å². The quantitative estimate of drug-likeness (QED) is 0.815. The molecule has 1 nitrogen and oxygen atoms in total. The van der Waals surface area contributed by atoms with Crippen LogP contribution in [0.4, 0.5) is 0 Å². The zero-order valence-corrected chi connectivity index (χ0v) is 10.5. The Kier molecular flexibility index (Phi) is 4.00. The summed E-state index contributed by atoms with van der Waals surface area (Å²) in [5.74, 6) is 1.64. The summed E-state index contributed by atoms with van der Waals surface area (Å²) in [5, 5.41) is 3.34. The first-order chi connectivity index (χ1) is 7.85. The third-order valence-corrected chi connectivity index (χ3v) is 3.91. The molecule has 1 saturated carbocycles. The second-order valence-electron chi connectivity index (χ2n) is 4.95. The van der Waals surface area contributed by atoms with Crippen LogP contribution in [0.15, 0.2) is 24.3 Å². The molecule has 16 heavy (non-hydrogen) atoms. The van der Waals surface area contributed by atoms with Gasteiger partial charge in [0.2, 0.25) is 0 Å². The molecule has 1 aromatic carbocycles.